The van der Waals surface area contributed by atoms with Gasteiger partial charge in [0.25, 0.3) is 5.91 Å². The zero-order valence-electron chi connectivity index (χ0n) is 11.2. The number of aliphatic carboxylic acids is 1. The molecule has 6 heteroatoms. The summed E-state index contributed by atoms with van der Waals surface area (Å²) in [5.41, 5.74) is -1.20. The van der Waals surface area contributed by atoms with Crippen LogP contribution in [0.25, 0.3) is 0 Å². The van der Waals surface area contributed by atoms with Gasteiger partial charge in [-0.2, -0.15) is 0 Å². The third kappa shape index (κ3) is 2.07. The number of phenols is 2. The lowest BCUT2D eigenvalue weighted by molar-refractivity contribution is -0.148. The first kappa shape index (κ1) is 14.2. The van der Waals surface area contributed by atoms with Crippen LogP contribution < -0.4 is 0 Å². The maximum absolute atomic E-state index is 12.5. The maximum atomic E-state index is 12.5. The summed E-state index contributed by atoms with van der Waals surface area (Å²) in [5.74, 6) is -2.05. The minimum Gasteiger partial charge on any atom is -0.508 e. The van der Waals surface area contributed by atoms with Crippen LogP contribution in [0.15, 0.2) is 18.2 Å². The van der Waals surface area contributed by atoms with E-state index in [0.717, 1.165) is 6.07 Å². The summed E-state index contributed by atoms with van der Waals surface area (Å²) in [4.78, 5) is 25.3. The van der Waals surface area contributed by atoms with E-state index in [0.29, 0.717) is 25.8 Å². The van der Waals surface area contributed by atoms with Crippen molar-refractivity contribution in [1.82, 2.24) is 4.90 Å². The Hall–Kier alpha value is -2.24. The van der Waals surface area contributed by atoms with Crippen LogP contribution in [0.1, 0.15) is 36.5 Å². The lowest BCUT2D eigenvalue weighted by Gasteiger charge is -2.34. The Morgan fingerprint density at radius 3 is 2.60 bits per heavy atom. The second-order valence-electron chi connectivity index (χ2n) is 4.95. The van der Waals surface area contributed by atoms with E-state index in [9.17, 15) is 24.9 Å². The van der Waals surface area contributed by atoms with Gasteiger partial charge >= 0.3 is 5.97 Å². The van der Waals surface area contributed by atoms with E-state index in [1.165, 1.54) is 17.0 Å². The fraction of sp³-hybridized carbons (Fsp3) is 0.429. The van der Waals surface area contributed by atoms with Crippen LogP contribution in [0.5, 0.6) is 11.5 Å². The molecule has 1 aliphatic rings. The summed E-state index contributed by atoms with van der Waals surface area (Å²) in [6.07, 6.45) is 1.33. The highest BCUT2D eigenvalue weighted by atomic mass is 16.4. The molecule has 0 radical (unpaired) electrons. The van der Waals surface area contributed by atoms with Crippen molar-refractivity contribution in [2.24, 2.45) is 0 Å². The quantitative estimate of drug-likeness (QED) is 0.780. The second kappa shape index (κ2) is 5.03. The summed E-state index contributed by atoms with van der Waals surface area (Å²) < 4.78 is 0. The molecule has 1 aromatic carbocycles. The smallest absolute Gasteiger partial charge is 0.329 e. The van der Waals surface area contributed by atoms with E-state index in [1.54, 1.807) is 6.92 Å². The van der Waals surface area contributed by atoms with E-state index < -0.39 is 17.4 Å². The molecular formula is C14H17NO5. The van der Waals surface area contributed by atoms with Gasteiger partial charge in [0.05, 0.1) is 5.56 Å². The van der Waals surface area contributed by atoms with E-state index in [1.807, 2.05) is 0 Å². The molecule has 6 nitrogen and oxygen atoms in total. The van der Waals surface area contributed by atoms with Crippen molar-refractivity contribution in [3.8, 4) is 11.5 Å². The Labute approximate surface area is 116 Å². The SMILES string of the molecule is CCC1(C(=O)O)CCCN1C(=O)c1ccc(O)cc1O. The summed E-state index contributed by atoms with van der Waals surface area (Å²) in [6, 6.07) is 3.66. The topological polar surface area (TPSA) is 98.1 Å². The van der Waals surface area contributed by atoms with Crippen LogP contribution in [0, 0.1) is 0 Å². The molecule has 108 valence electrons. The van der Waals surface area contributed by atoms with Crippen LogP contribution in [0.2, 0.25) is 0 Å². The number of rotatable bonds is 3. The third-order valence-corrected chi connectivity index (χ3v) is 3.93. The number of carboxylic acid groups (broad SMARTS) is 1. The molecule has 1 heterocycles. The maximum Gasteiger partial charge on any atom is 0.329 e. The lowest BCUT2D eigenvalue weighted by Crippen LogP contribution is -2.52. The highest BCUT2D eigenvalue weighted by Gasteiger charge is 2.48. The van der Waals surface area contributed by atoms with Crippen molar-refractivity contribution >= 4 is 11.9 Å². The summed E-state index contributed by atoms with van der Waals surface area (Å²) in [6.45, 7) is 2.08. The molecule has 1 amide bonds. The number of amides is 1. The third-order valence-electron chi connectivity index (χ3n) is 3.93. The predicted molar refractivity (Wildman–Crippen MR) is 70.7 cm³/mol. The Morgan fingerprint density at radius 2 is 2.05 bits per heavy atom. The largest absolute Gasteiger partial charge is 0.508 e. The van der Waals surface area contributed by atoms with Crippen LogP contribution in [0.4, 0.5) is 0 Å². The molecule has 3 N–H and O–H groups in total. The highest BCUT2D eigenvalue weighted by Crippen LogP contribution is 2.35. The van der Waals surface area contributed by atoms with E-state index in [4.69, 9.17) is 0 Å². The van der Waals surface area contributed by atoms with Gasteiger partial charge < -0.3 is 20.2 Å². The fourth-order valence-electron chi connectivity index (χ4n) is 2.76. The van der Waals surface area contributed by atoms with Gasteiger partial charge in [-0.3, -0.25) is 4.79 Å². The van der Waals surface area contributed by atoms with E-state index >= 15 is 0 Å². The molecule has 1 fully saturated rings. The fourth-order valence-corrected chi connectivity index (χ4v) is 2.76. The zero-order valence-corrected chi connectivity index (χ0v) is 11.2. The van der Waals surface area contributed by atoms with Crippen molar-refractivity contribution < 1.29 is 24.9 Å². The Kier molecular flexibility index (Phi) is 3.57. The first-order valence-corrected chi connectivity index (χ1v) is 6.49. The summed E-state index contributed by atoms with van der Waals surface area (Å²) >= 11 is 0. The van der Waals surface area contributed by atoms with Crippen molar-refractivity contribution in [3.63, 3.8) is 0 Å². The standard InChI is InChI=1S/C14H17NO5/c1-2-14(13(19)20)6-3-7-15(14)12(18)10-5-4-9(16)8-11(10)17/h4-5,8,16-17H,2-3,6-7H2,1H3,(H,19,20). The molecule has 1 saturated heterocycles. The van der Waals surface area contributed by atoms with Crippen LogP contribution in [-0.2, 0) is 4.79 Å². The van der Waals surface area contributed by atoms with Crippen molar-refractivity contribution in [2.45, 2.75) is 31.7 Å². The number of carboxylic acids is 1. The Morgan fingerprint density at radius 1 is 1.35 bits per heavy atom. The van der Waals surface area contributed by atoms with E-state index in [2.05, 4.69) is 0 Å². The minimum absolute atomic E-state index is 0.00350. The lowest BCUT2D eigenvalue weighted by atomic mass is 9.92. The number of carbonyl (C=O) groups excluding carboxylic acids is 1. The molecule has 20 heavy (non-hydrogen) atoms. The summed E-state index contributed by atoms with van der Waals surface area (Å²) in [5, 5.41) is 28.4. The molecule has 1 aromatic rings. The van der Waals surface area contributed by atoms with E-state index in [-0.39, 0.29) is 17.1 Å². The molecule has 0 aromatic heterocycles. The van der Waals surface area contributed by atoms with Crippen LogP contribution >= 0.6 is 0 Å². The molecule has 2 rings (SSSR count). The molecule has 0 aliphatic carbocycles. The number of likely N-dealkylation sites (tertiary alicyclic amines) is 1. The van der Waals surface area contributed by atoms with Gasteiger partial charge in [-0.15, -0.1) is 0 Å². The molecule has 0 spiro atoms. The number of aromatic hydroxyl groups is 2. The number of nitrogens with zero attached hydrogens (tertiary/aromatic N) is 1. The predicted octanol–water partition coefficient (Wildman–Crippen LogP) is 1.57. The minimum atomic E-state index is -1.21. The summed E-state index contributed by atoms with van der Waals surface area (Å²) in [7, 11) is 0. The van der Waals surface area contributed by atoms with Gasteiger partial charge in [0.15, 0.2) is 0 Å². The zero-order chi connectivity index (χ0) is 14.9. The van der Waals surface area contributed by atoms with Crippen molar-refractivity contribution in [1.29, 1.82) is 0 Å². The monoisotopic (exact) mass is 279 g/mol. The average molecular weight is 279 g/mol. The number of carbonyl (C=O) groups is 2. The van der Waals surface area contributed by atoms with Gasteiger partial charge in [-0.1, -0.05) is 6.92 Å². The van der Waals surface area contributed by atoms with Crippen molar-refractivity contribution in [3.05, 3.63) is 23.8 Å². The molecular weight excluding hydrogens is 262 g/mol. The molecule has 0 saturated carbocycles. The van der Waals surface area contributed by atoms with Gasteiger partial charge in [0.2, 0.25) is 0 Å². The first-order chi connectivity index (χ1) is 9.42. The number of phenolic OH excluding ortho intramolecular Hbond substituents is 2. The highest BCUT2D eigenvalue weighted by molar-refractivity contribution is 6.00. The van der Waals surface area contributed by atoms with Gasteiger partial charge in [0.1, 0.15) is 17.0 Å². The van der Waals surface area contributed by atoms with Gasteiger partial charge in [-0.25, -0.2) is 4.79 Å². The Balaban J connectivity index is 2.39. The molecule has 1 atom stereocenters. The Bertz CT molecular complexity index is 556. The number of hydrogen-bond acceptors (Lipinski definition) is 4. The molecule has 1 aliphatic heterocycles. The van der Waals surface area contributed by atoms with Crippen LogP contribution in [-0.4, -0.2) is 44.2 Å². The van der Waals surface area contributed by atoms with Crippen LogP contribution in [0.3, 0.4) is 0 Å². The first-order valence-electron chi connectivity index (χ1n) is 6.49. The number of benzene rings is 1. The normalized spacial score (nSPS) is 21.9. The second-order valence-corrected chi connectivity index (χ2v) is 4.95. The average Bonchev–Trinajstić information content (AvgIpc) is 2.83. The molecule has 1 unspecified atom stereocenters. The number of hydrogen-bond donors (Lipinski definition) is 3. The van der Waals surface area contributed by atoms with Crippen molar-refractivity contribution in [2.75, 3.05) is 6.54 Å². The van der Waals surface area contributed by atoms with Gasteiger partial charge in [0, 0.05) is 12.6 Å². The van der Waals surface area contributed by atoms with Gasteiger partial charge in [-0.05, 0) is 31.4 Å². The molecule has 0 bridgehead atoms.